The molecular weight excluding hydrogens is 268 g/mol. The maximum atomic E-state index is 10.1. The molecule has 0 radical (unpaired) electrons. The number of aliphatic hydroxyl groups excluding tert-OH is 1. The van der Waals surface area contributed by atoms with Gasteiger partial charge in [0.1, 0.15) is 0 Å². The zero-order valence-corrected chi connectivity index (χ0v) is 11.0. The average molecular weight is 285 g/mol. The first-order chi connectivity index (χ1) is 7.65. The Morgan fingerprint density at radius 1 is 1.38 bits per heavy atom. The third kappa shape index (κ3) is 3.06. The minimum absolute atomic E-state index is 0.0126. The molecule has 1 aromatic carbocycles. The minimum Gasteiger partial charge on any atom is -0.390 e. The summed E-state index contributed by atoms with van der Waals surface area (Å²) >= 11 is 3.40. The lowest BCUT2D eigenvalue weighted by molar-refractivity contribution is -0.0278. The van der Waals surface area contributed by atoms with Crippen LogP contribution in [0.4, 0.5) is 0 Å². The van der Waals surface area contributed by atoms with Gasteiger partial charge in [-0.15, -0.1) is 0 Å². The summed E-state index contributed by atoms with van der Waals surface area (Å²) in [5.41, 5.74) is 1.15. The van der Waals surface area contributed by atoms with Crippen LogP contribution in [0.15, 0.2) is 28.7 Å². The van der Waals surface area contributed by atoms with Crippen molar-refractivity contribution in [1.29, 1.82) is 0 Å². The molecule has 88 valence electrons. The number of ether oxygens (including phenoxy) is 1. The number of rotatable bonds is 3. The van der Waals surface area contributed by atoms with Crippen LogP contribution in [0.3, 0.4) is 0 Å². The van der Waals surface area contributed by atoms with Crippen LogP contribution in [-0.4, -0.2) is 23.4 Å². The zero-order valence-electron chi connectivity index (χ0n) is 9.40. The van der Waals surface area contributed by atoms with E-state index in [0.717, 1.165) is 22.9 Å². The Morgan fingerprint density at radius 2 is 2.06 bits per heavy atom. The van der Waals surface area contributed by atoms with E-state index in [0.29, 0.717) is 12.5 Å². The normalized spacial score (nSPS) is 26.9. The van der Waals surface area contributed by atoms with Gasteiger partial charge in [-0.25, -0.2) is 0 Å². The van der Waals surface area contributed by atoms with E-state index in [1.54, 1.807) is 0 Å². The van der Waals surface area contributed by atoms with Crippen molar-refractivity contribution < 1.29 is 9.84 Å². The van der Waals surface area contributed by atoms with Crippen molar-refractivity contribution >= 4 is 15.9 Å². The van der Waals surface area contributed by atoms with Gasteiger partial charge in [0.05, 0.1) is 18.3 Å². The molecule has 1 aliphatic heterocycles. The largest absolute Gasteiger partial charge is 0.390 e. The van der Waals surface area contributed by atoms with Crippen molar-refractivity contribution in [1.82, 2.24) is 0 Å². The number of benzene rings is 1. The van der Waals surface area contributed by atoms with Gasteiger partial charge in [0.15, 0.2) is 0 Å². The molecule has 1 heterocycles. The molecule has 1 aliphatic rings. The lowest BCUT2D eigenvalue weighted by Crippen LogP contribution is -2.28. The fraction of sp³-hybridized carbons (Fsp3) is 0.538. The number of hydrogen-bond acceptors (Lipinski definition) is 2. The highest BCUT2D eigenvalue weighted by Gasteiger charge is 2.28. The van der Waals surface area contributed by atoms with E-state index in [4.69, 9.17) is 4.74 Å². The molecule has 16 heavy (non-hydrogen) atoms. The van der Waals surface area contributed by atoms with Crippen LogP contribution in [0, 0.1) is 0 Å². The molecule has 0 saturated carbocycles. The SMILES string of the molecule is CC1CCC(C(O)Cc2ccc(Br)cc2)O1. The number of aliphatic hydroxyl groups is 1. The van der Waals surface area contributed by atoms with Crippen molar-refractivity contribution in [2.75, 3.05) is 0 Å². The lowest BCUT2D eigenvalue weighted by atomic mass is 10.0. The van der Waals surface area contributed by atoms with E-state index in [-0.39, 0.29) is 12.2 Å². The van der Waals surface area contributed by atoms with Gasteiger partial charge in [0, 0.05) is 10.9 Å². The van der Waals surface area contributed by atoms with E-state index in [9.17, 15) is 5.11 Å². The molecule has 0 aromatic heterocycles. The van der Waals surface area contributed by atoms with Crippen molar-refractivity contribution in [3.8, 4) is 0 Å². The van der Waals surface area contributed by atoms with Gasteiger partial charge < -0.3 is 9.84 Å². The van der Waals surface area contributed by atoms with E-state index in [2.05, 4.69) is 22.9 Å². The summed E-state index contributed by atoms with van der Waals surface area (Å²) < 4.78 is 6.73. The standard InChI is InChI=1S/C13H17BrO2/c1-9-2-7-13(16-9)12(15)8-10-3-5-11(14)6-4-10/h3-6,9,12-13,15H,2,7-8H2,1H3. The first kappa shape index (κ1) is 12.1. The van der Waals surface area contributed by atoms with Crippen LogP contribution in [0.5, 0.6) is 0 Å². The predicted octanol–water partition coefficient (Wildman–Crippen LogP) is 2.92. The Kier molecular flexibility index (Phi) is 4.00. The summed E-state index contributed by atoms with van der Waals surface area (Å²) in [5.74, 6) is 0. The summed E-state index contributed by atoms with van der Waals surface area (Å²) in [4.78, 5) is 0. The number of hydrogen-bond donors (Lipinski definition) is 1. The highest BCUT2D eigenvalue weighted by atomic mass is 79.9. The van der Waals surface area contributed by atoms with Crippen LogP contribution < -0.4 is 0 Å². The van der Waals surface area contributed by atoms with Crippen LogP contribution in [0.2, 0.25) is 0 Å². The van der Waals surface area contributed by atoms with E-state index >= 15 is 0 Å². The highest BCUT2D eigenvalue weighted by molar-refractivity contribution is 9.10. The topological polar surface area (TPSA) is 29.5 Å². The zero-order chi connectivity index (χ0) is 11.5. The summed E-state index contributed by atoms with van der Waals surface area (Å²) in [6.07, 6.45) is 2.63. The van der Waals surface area contributed by atoms with Crippen LogP contribution >= 0.6 is 15.9 Å². The van der Waals surface area contributed by atoms with E-state index in [1.165, 1.54) is 0 Å². The van der Waals surface area contributed by atoms with Crippen molar-refractivity contribution in [3.05, 3.63) is 34.3 Å². The Hall–Kier alpha value is -0.380. The predicted molar refractivity (Wildman–Crippen MR) is 67.4 cm³/mol. The fourth-order valence-electron chi connectivity index (χ4n) is 2.11. The van der Waals surface area contributed by atoms with Gasteiger partial charge in [-0.2, -0.15) is 0 Å². The monoisotopic (exact) mass is 284 g/mol. The van der Waals surface area contributed by atoms with Crippen molar-refractivity contribution in [3.63, 3.8) is 0 Å². The molecule has 3 unspecified atom stereocenters. The van der Waals surface area contributed by atoms with Crippen LogP contribution in [0.25, 0.3) is 0 Å². The first-order valence-corrected chi connectivity index (χ1v) is 6.52. The Balaban J connectivity index is 1.91. The molecule has 0 bridgehead atoms. The third-order valence-electron chi connectivity index (χ3n) is 3.05. The second kappa shape index (κ2) is 5.30. The van der Waals surface area contributed by atoms with Crippen LogP contribution in [-0.2, 0) is 11.2 Å². The molecule has 0 amide bonds. The lowest BCUT2D eigenvalue weighted by Gasteiger charge is -2.18. The molecule has 3 atom stereocenters. The second-order valence-electron chi connectivity index (χ2n) is 4.46. The average Bonchev–Trinajstić information content (AvgIpc) is 2.68. The molecule has 0 spiro atoms. The molecule has 1 saturated heterocycles. The van der Waals surface area contributed by atoms with Crippen molar-refractivity contribution in [2.45, 2.75) is 44.5 Å². The second-order valence-corrected chi connectivity index (χ2v) is 5.38. The van der Waals surface area contributed by atoms with E-state index < -0.39 is 0 Å². The Morgan fingerprint density at radius 3 is 2.62 bits per heavy atom. The summed E-state index contributed by atoms with van der Waals surface area (Å²) in [6.45, 7) is 2.06. The summed E-state index contributed by atoms with van der Waals surface area (Å²) in [6, 6.07) is 8.07. The van der Waals surface area contributed by atoms with Crippen molar-refractivity contribution in [2.24, 2.45) is 0 Å². The van der Waals surface area contributed by atoms with Gasteiger partial charge in [-0.05, 0) is 37.5 Å². The first-order valence-electron chi connectivity index (χ1n) is 5.73. The van der Waals surface area contributed by atoms with Gasteiger partial charge in [0.25, 0.3) is 0 Å². The molecule has 2 rings (SSSR count). The quantitative estimate of drug-likeness (QED) is 0.925. The van der Waals surface area contributed by atoms with Gasteiger partial charge in [-0.1, -0.05) is 28.1 Å². The molecular formula is C13H17BrO2. The maximum Gasteiger partial charge on any atom is 0.0842 e. The smallest absolute Gasteiger partial charge is 0.0842 e. The Labute approximate surface area is 105 Å². The molecule has 0 aliphatic carbocycles. The third-order valence-corrected chi connectivity index (χ3v) is 3.58. The molecule has 1 N–H and O–H groups in total. The molecule has 1 fully saturated rings. The van der Waals surface area contributed by atoms with Gasteiger partial charge >= 0.3 is 0 Å². The van der Waals surface area contributed by atoms with Crippen LogP contribution in [0.1, 0.15) is 25.3 Å². The fourth-order valence-corrected chi connectivity index (χ4v) is 2.37. The summed E-state index contributed by atoms with van der Waals surface area (Å²) in [7, 11) is 0. The molecule has 2 nitrogen and oxygen atoms in total. The van der Waals surface area contributed by atoms with Gasteiger partial charge in [-0.3, -0.25) is 0 Å². The molecule has 3 heteroatoms. The highest BCUT2D eigenvalue weighted by Crippen LogP contribution is 2.23. The summed E-state index contributed by atoms with van der Waals surface area (Å²) in [5, 5.41) is 10.1. The maximum absolute atomic E-state index is 10.1. The minimum atomic E-state index is -0.383. The van der Waals surface area contributed by atoms with E-state index in [1.807, 2.05) is 24.3 Å². The Bertz CT molecular complexity index is 336. The molecule has 1 aromatic rings. The number of halogens is 1. The van der Waals surface area contributed by atoms with Gasteiger partial charge in [0.2, 0.25) is 0 Å².